The zero-order chi connectivity index (χ0) is 23.0. The molecule has 0 aliphatic rings. The van der Waals surface area contributed by atoms with Gasteiger partial charge in [0.25, 0.3) is 11.6 Å². The van der Waals surface area contributed by atoms with Crippen LogP contribution in [-0.4, -0.2) is 22.4 Å². The molecule has 7 heteroatoms. The van der Waals surface area contributed by atoms with E-state index in [1.165, 1.54) is 12.1 Å². The van der Waals surface area contributed by atoms with Crippen LogP contribution in [-0.2, 0) is 6.42 Å². The number of anilines is 2. The molecule has 1 amide bonds. The molecule has 0 atom stereocenters. The lowest BCUT2D eigenvalue weighted by atomic mass is 9.99. The van der Waals surface area contributed by atoms with Gasteiger partial charge in [0.15, 0.2) is 0 Å². The molecule has 0 radical (unpaired) electrons. The predicted octanol–water partition coefficient (Wildman–Crippen LogP) is 5.56. The van der Waals surface area contributed by atoms with E-state index in [4.69, 9.17) is 0 Å². The number of nitro benzene ring substituents is 1. The molecule has 0 saturated heterocycles. The van der Waals surface area contributed by atoms with Gasteiger partial charge in [0.2, 0.25) is 0 Å². The highest BCUT2D eigenvalue weighted by molar-refractivity contribution is 6.08. The number of benzene rings is 3. The number of rotatable bonds is 8. The maximum absolute atomic E-state index is 13.0. The first-order chi connectivity index (χ1) is 16.1. The Kier molecular flexibility index (Phi) is 6.70. The highest BCUT2D eigenvalue weighted by Gasteiger charge is 2.14. The minimum Gasteiger partial charge on any atom is -0.385 e. The maximum Gasteiger partial charge on any atom is 0.269 e. The number of nitrogens with one attached hydrogen (secondary N) is 2. The highest BCUT2D eigenvalue weighted by Crippen LogP contribution is 2.26. The maximum atomic E-state index is 13.0. The lowest BCUT2D eigenvalue weighted by Crippen LogP contribution is -2.13. The molecular weight excluding hydrogens is 416 g/mol. The molecular formula is C26H22N4O3. The van der Waals surface area contributed by atoms with Crippen molar-refractivity contribution in [2.75, 3.05) is 17.2 Å². The summed E-state index contributed by atoms with van der Waals surface area (Å²) in [5, 5.41) is 17.2. The topological polar surface area (TPSA) is 97.2 Å². The Labute approximate surface area is 191 Å². The second-order valence-corrected chi connectivity index (χ2v) is 7.38. The lowest BCUT2D eigenvalue weighted by Gasteiger charge is -2.11. The van der Waals surface area contributed by atoms with Crippen LogP contribution in [0.25, 0.3) is 11.1 Å². The Balaban J connectivity index is 1.40. The first kappa shape index (κ1) is 21.7. The molecule has 1 heterocycles. The summed E-state index contributed by atoms with van der Waals surface area (Å²) in [6, 6.07) is 26.7. The number of hydrogen-bond acceptors (Lipinski definition) is 5. The van der Waals surface area contributed by atoms with Gasteiger partial charge in [-0.3, -0.25) is 19.9 Å². The van der Waals surface area contributed by atoms with E-state index in [0.29, 0.717) is 16.8 Å². The SMILES string of the molecule is O=C(Nc1ccc(NCCc2ccccn2)cc1)c1ccccc1-c1ccc([N+](=O)[O-])cc1. The number of carbonyl (C=O) groups excluding carboxylic acids is 1. The molecule has 0 spiro atoms. The van der Waals surface area contributed by atoms with Crippen molar-refractivity contribution in [2.45, 2.75) is 6.42 Å². The Hall–Kier alpha value is -4.52. The molecule has 0 aliphatic carbocycles. The molecule has 164 valence electrons. The van der Waals surface area contributed by atoms with Gasteiger partial charge in [-0.1, -0.05) is 24.3 Å². The van der Waals surface area contributed by atoms with Gasteiger partial charge >= 0.3 is 0 Å². The molecule has 0 fully saturated rings. The third-order valence-electron chi connectivity index (χ3n) is 5.14. The average Bonchev–Trinajstić information content (AvgIpc) is 2.86. The fourth-order valence-electron chi connectivity index (χ4n) is 3.45. The van der Waals surface area contributed by atoms with Crippen molar-refractivity contribution < 1.29 is 9.72 Å². The Morgan fingerprint density at radius 2 is 1.55 bits per heavy atom. The van der Waals surface area contributed by atoms with Crippen LogP contribution in [0, 0.1) is 10.1 Å². The van der Waals surface area contributed by atoms with E-state index in [9.17, 15) is 14.9 Å². The van der Waals surface area contributed by atoms with Gasteiger partial charge in [-0.2, -0.15) is 0 Å². The number of nitro groups is 1. The molecule has 4 aromatic rings. The molecule has 3 aromatic carbocycles. The van der Waals surface area contributed by atoms with Crippen LogP contribution in [0.1, 0.15) is 16.1 Å². The van der Waals surface area contributed by atoms with Gasteiger partial charge in [0, 0.05) is 53.9 Å². The third-order valence-corrected chi connectivity index (χ3v) is 5.14. The van der Waals surface area contributed by atoms with Crippen LogP contribution in [0.15, 0.2) is 97.2 Å². The van der Waals surface area contributed by atoms with Crippen molar-refractivity contribution in [3.8, 4) is 11.1 Å². The summed E-state index contributed by atoms with van der Waals surface area (Å²) in [6.07, 6.45) is 2.60. The van der Waals surface area contributed by atoms with Crippen molar-refractivity contribution in [3.05, 3.63) is 119 Å². The van der Waals surface area contributed by atoms with Crippen molar-refractivity contribution in [1.29, 1.82) is 0 Å². The fourth-order valence-corrected chi connectivity index (χ4v) is 3.45. The van der Waals surface area contributed by atoms with E-state index in [2.05, 4.69) is 15.6 Å². The largest absolute Gasteiger partial charge is 0.385 e. The zero-order valence-electron chi connectivity index (χ0n) is 17.8. The summed E-state index contributed by atoms with van der Waals surface area (Å²) < 4.78 is 0. The van der Waals surface area contributed by atoms with Crippen LogP contribution in [0.3, 0.4) is 0 Å². The number of carbonyl (C=O) groups is 1. The molecule has 0 aliphatic heterocycles. The van der Waals surface area contributed by atoms with Gasteiger partial charge in [0.05, 0.1) is 4.92 Å². The van der Waals surface area contributed by atoms with Crippen LogP contribution < -0.4 is 10.6 Å². The van der Waals surface area contributed by atoms with Gasteiger partial charge in [-0.05, 0) is 65.7 Å². The Morgan fingerprint density at radius 1 is 0.848 bits per heavy atom. The molecule has 2 N–H and O–H groups in total. The summed E-state index contributed by atoms with van der Waals surface area (Å²) in [6.45, 7) is 0.755. The summed E-state index contributed by atoms with van der Waals surface area (Å²) in [4.78, 5) is 27.7. The summed E-state index contributed by atoms with van der Waals surface area (Å²) in [5.41, 5.74) is 4.60. The van der Waals surface area contributed by atoms with E-state index in [0.717, 1.165) is 29.9 Å². The fraction of sp³-hybridized carbons (Fsp3) is 0.0769. The van der Waals surface area contributed by atoms with E-state index in [1.807, 2.05) is 54.6 Å². The molecule has 4 rings (SSSR count). The van der Waals surface area contributed by atoms with E-state index >= 15 is 0 Å². The first-order valence-electron chi connectivity index (χ1n) is 10.5. The monoisotopic (exact) mass is 438 g/mol. The second kappa shape index (κ2) is 10.2. The summed E-state index contributed by atoms with van der Waals surface area (Å²) >= 11 is 0. The minimum absolute atomic E-state index is 0.00872. The lowest BCUT2D eigenvalue weighted by molar-refractivity contribution is -0.384. The number of non-ortho nitro benzene ring substituents is 1. The number of amides is 1. The Bertz CT molecular complexity index is 1240. The second-order valence-electron chi connectivity index (χ2n) is 7.38. The van der Waals surface area contributed by atoms with Crippen molar-refractivity contribution in [3.63, 3.8) is 0 Å². The molecule has 7 nitrogen and oxygen atoms in total. The smallest absolute Gasteiger partial charge is 0.269 e. The molecule has 0 bridgehead atoms. The molecule has 33 heavy (non-hydrogen) atoms. The number of aromatic nitrogens is 1. The summed E-state index contributed by atoms with van der Waals surface area (Å²) in [5.74, 6) is -0.250. The van der Waals surface area contributed by atoms with E-state index in [1.54, 1.807) is 30.5 Å². The number of nitrogens with zero attached hydrogens (tertiary/aromatic N) is 2. The van der Waals surface area contributed by atoms with E-state index < -0.39 is 4.92 Å². The predicted molar refractivity (Wildman–Crippen MR) is 129 cm³/mol. The van der Waals surface area contributed by atoms with Crippen molar-refractivity contribution in [2.24, 2.45) is 0 Å². The molecule has 0 unspecified atom stereocenters. The normalized spacial score (nSPS) is 10.4. The van der Waals surface area contributed by atoms with Crippen LogP contribution in [0.2, 0.25) is 0 Å². The van der Waals surface area contributed by atoms with Crippen LogP contribution in [0.5, 0.6) is 0 Å². The number of hydrogen-bond donors (Lipinski definition) is 2. The average molecular weight is 438 g/mol. The van der Waals surface area contributed by atoms with Gasteiger partial charge < -0.3 is 10.6 Å². The zero-order valence-corrected chi connectivity index (χ0v) is 17.8. The van der Waals surface area contributed by atoms with Gasteiger partial charge in [-0.25, -0.2) is 0 Å². The van der Waals surface area contributed by atoms with Gasteiger partial charge in [-0.15, -0.1) is 0 Å². The standard InChI is InChI=1S/C26H22N4O3/c31-26(25-7-2-1-6-24(25)19-8-14-23(15-9-19)30(32)33)29-22-12-10-21(11-13-22)28-18-16-20-5-3-4-17-27-20/h1-15,17,28H,16,18H2,(H,29,31). The van der Waals surface area contributed by atoms with Crippen molar-refractivity contribution in [1.82, 2.24) is 4.98 Å². The van der Waals surface area contributed by atoms with Gasteiger partial charge in [0.1, 0.15) is 0 Å². The Morgan fingerprint density at radius 3 is 2.24 bits per heavy atom. The number of pyridine rings is 1. The highest BCUT2D eigenvalue weighted by atomic mass is 16.6. The third kappa shape index (κ3) is 5.59. The van der Waals surface area contributed by atoms with Crippen LogP contribution in [0.4, 0.5) is 17.1 Å². The summed E-state index contributed by atoms with van der Waals surface area (Å²) in [7, 11) is 0. The quantitative estimate of drug-likeness (QED) is 0.277. The van der Waals surface area contributed by atoms with E-state index in [-0.39, 0.29) is 11.6 Å². The molecule has 0 saturated carbocycles. The van der Waals surface area contributed by atoms with Crippen LogP contribution >= 0.6 is 0 Å². The molecule has 1 aromatic heterocycles. The van der Waals surface area contributed by atoms with Crippen molar-refractivity contribution >= 4 is 23.0 Å². The minimum atomic E-state index is -0.445. The first-order valence-corrected chi connectivity index (χ1v) is 10.5.